The summed E-state index contributed by atoms with van der Waals surface area (Å²) in [6, 6.07) is 1.78. The lowest BCUT2D eigenvalue weighted by molar-refractivity contribution is -0.131. The van der Waals surface area contributed by atoms with Gasteiger partial charge < -0.3 is 15.3 Å². The van der Waals surface area contributed by atoms with E-state index in [1.165, 1.54) is 11.3 Å². The van der Waals surface area contributed by atoms with Gasteiger partial charge in [0.05, 0.1) is 6.54 Å². The molecule has 0 radical (unpaired) electrons. The topological polar surface area (TPSA) is 69.6 Å². The lowest BCUT2D eigenvalue weighted by Crippen LogP contribution is -2.36. The Hall–Kier alpha value is -1.82. The van der Waals surface area contributed by atoms with E-state index in [-0.39, 0.29) is 6.03 Å². The average molecular weight is 282 g/mol. The molecule has 0 saturated carbocycles. The van der Waals surface area contributed by atoms with Crippen LogP contribution in [0, 0.1) is 0 Å². The van der Waals surface area contributed by atoms with Crippen LogP contribution in [-0.4, -0.2) is 35.6 Å². The molecule has 0 aromatic carbocycles. The zero-order chi connectivity index (χ0) is 14.3. The molecule has 104 valence electrons. The van der Waals surface area contributed by atoms with Gasteiger partial charge in [-0.1, -0.05) is 6.92 Å². The van der Waals surface area contributed by atoms with Gasteiger partial charge in [-0.25, -0.2) is 9.59 Å². The maximum absolute atomic E-state index is 11.7. The zero-order valence-electron chi connectivity index (χ0n) is 11.0. The molecule has 0 aliphatic carbocycles. The lowest BCUT2D eigenvalue weighted by Gasteiger charge is -2.16. The van der Waals surface area contributed by atoms with Gasteiger partial charge in [0.25, 0.3) is 0 Å². The number of carboxylic acid groups (broad SMARTS) is 1. The van der Waals surface area contributed by atoms with E-state index in [0.717, 1.165) is 22.9 Å². The predicted octanol–water partition coefficient (Wildman–Crippen LogP) is 2.40. The van der Waals surface area contributed by atoms with Crippen LogP contribution in [0.15, 0.2) is 17.5 Å². The summed E-state index contributed by atoms with van der Waals surface area (Å²) in [5, 5.41) is 13.2. The number of hydrogen-bond acceptors (Lipinski definition) is 3. The first-order valence-electron chi connectivity index (χ1n) is 6.00. The molecule has 0 bridgehead atoms. The van der Waals surface area contributed by atoms with Crippen LogP contribution >= 0.6 is 11.3 Å². The SMILES string of the molecule is CCCNC(=O)N(C)Cc1cc(/C=C/C(=O)O)cs1. The molecule has 19 heavy (non-hydrogen) atoms. The summed E-state index contributed by atoms with van der Waals surface area (Å²) < 4.78 is 0. The highest BCUT2D eigenvalue weighted by molar-refractivity contribution is 7.10. The highest BCUT2D eigenvalue weighted by Crippen LogP contribution is 2.17. The first-order chi connectivity index (χ1) is 9.02. The molecule has 0 aliphatic heterocycles. The Morgan fingerprint density at radius 1 is 1.53 bits per heavy atom. The van der Waals surface area contributed by atoms with Crippen LogP contribution < -0.4 is 5.32 Å². The van der Waals surface area contributed by atoms with Crippen molar-refractivity contribution in [3.63, 3.8) is 0 Å². The van der Waals surface area contributed by atoms with E-state index in [4.69, 9.17) is 5.11 Å². The minimum atomic E-state index is -0.969. The van der Waals surface area contributed by atoms with Crippen molar-refractivity contribution in [2.24, 2.45) is 0 Å². The number of urea groups is 1. The molecule has 0 fully saturated rings. The number of nitrogens with zero attached hydrogens (tertiary/aromatic N) is 1. The number of hydrogen-bond donors (Lipinski definition) is 2. The Morgan fingerprint density at radius 2 is 2.26 bits per heavy atom. The number of carbonyl (C=O) groups excluding carboxylic acids is 1. The van der Waals surface area contributed by atoms with E-state index < -0.39 is 5.97 Å². The summed E-state index contributed by atoms with van der Waals surface area (Å²) in [5.41, 5.74) is 0.838. The highest BCUT2D eigenvalue weighted by atomic mass is 32.1. The molecule has 1 aromatic rings. The molecule has 1 aromatic heterocycles. The number of nitrogens with one attached hydrogen (secondary N) is 1. The number of rotatable bonds is 6. The first kappa shape index (κ1) is 15.2. The van der Waals surface area contributed by atoms with Crippen molar-refractivity contribution in [2.75, 3.05) is 13.6 Å². The fourth-order valence-corrected chi connectivity index (χ4v) is 2.31. The third-order valence-electron chi connectivity index (χ3n) is 2.36. The quantitative estimate of drug-likeness (QED) is 0.787. The van der Waals surface area contributed by atoms with E-state index in [2.05, 4.69) is 5.32 Å². The van der Waals surface area contributed by atoms with Gasteiger partial charge in [0.1, 0.15) is 0 Å². The van der Waals surface area contributed by atoms with Crippen LogP contribution in [0.2, 0.25) is 0 Å². The van der Waals surface area contributed by atoms with Crippen LogP contribution in [0.25, 0.3) is 6.08 Å². The Bertz CT molecular complexity index is 468. The number of carboxylic acids is 1. The lowest BCUT2D eigenvalue weighted by atomic mass is 10.3. The number of carbonyl (C=O) groups is 2. The first-order valence-corrected chi connectivity index (χ1v) is 6.88. The molecule has 0 aliphatic rings. The number of aliphatic carboxylic acids is 1. The van der Waals surface area contributed by atoms with Gasteiger partial charge in [0.15, 0.2) is 0 Å². The summed E-state index contributed by atoms with van der Waals surface area (Å²) >= 11 is 1.50. The Kier molecular flexibility index (Phi) is 6.08. The molecule has 0 spiro atoms. The van der Waals surface area contributed by atoms with Gasteiger partial charge >= 0.3 is 12.0 Å². The monoisotopic (exact) mass is 282 g/mol. The fourth-order valence-electron chi connectivity index (χ4n) is 1.41. The molecule has 0 unspecified atom stereocenters. The summed E-state index contributed by atoms with van der Waals surface area (Å²) in [5.74, 6) is -0.969. The smallest absolute Gasteiger partial charge is 0.328 e. The average Bonchev–Trinajstić information content (AvgIpc) is 2.81. The third kappa shape index (κ3) is 5.56. The second-order valence-electron chi connectivity index (χ2n) is 4.11. The summed E-state index contributed by atoms with van der Waals surface area (Å²) in [6.45, 7) is 3.18. The molecule has 2 N–H and O–H groups in total. The molecular weight excluding hydrogens is 264 g/mol. The zero-order valence-corrected chi connectivity index (χ0v) is 11.9. The van der Waals surface area contributed by atoms with Crippen LogP contribution in [0.4, 0.5) is 4.79 Å². The highest BCUT2D eigenvalue weighted by Gasteiger charge is 2.09. The molecule has 1 heterocycles. The van der Waals surface area contributed by atoms with Gasteiger partial charge in [-0.05, 0) is 29.5 Å². The maximum Gasteiger partial charge on any atom is 0.328 e. The minimum absolute atomic E-state index is 0.0992. The van der Waals surface area contributed by atoms with Crippen molar-refractivity contribution in [1.82, 2.24) is 10.2 Å². The van der Waals surface area contributed by atoms with Gasteiger partial charge in [-0.15, -0.1) is 11.3 Å². The van der Waals surface area contributed by atoms with Crippen LogP contribution in [0.1, 0.15) is 23.8 Å². The van der Waals surface area contributed by atoms with Gasteiger partial charge in [0, 0.05) is 24.5 Å². The van der Waals surface area contributed by atoms with Crippen LogP contribution in [0.5, 0.6) is 0 Å². The number of amides is 2. The Morgan fingerprint density at radius 3 is 2.89 bits per heavy atom. The van der Waals surface area contributed by atoms with E-state index in [0.29, 0.717) is 13.1 Å². The molecular formula is C13H18N2O3S. The van der Waals surface area contributed by atoms with E-state index in [9.17, 15) is 9.59 Å². The number of thiophene rings is 1. The third-order valence-corrected chi connectivity index (χ3v) is 3.30. The second kappa shape index (κ2) is 7.58. The summed E-state index contributed by atoms with van der Waals surface area (Å²) in [7, 11) is 1.73. The molecule has 1 rings (SSSR count). The molecule has 0 saturated heterocycles. The van der Waals surface area contributed by atoms with E-state index >= 15 is 0 Å². The van der Waals surface area contributed by atoms with Crippen molar-refractivity contribution >= 4 is 29.4 Å². The molecule has 2 amide bonds. The largest absolute Gasteiger partial charge is 0.478 e. The fraction of sp³-hybridized carbons (Fsp3) is 0.385. The Labute approximate surface area is 116 Å². The molecule has 6 heteroatoms. The standard InChI is InChI=1S/C13H18N2O3S/c1-3-6-14-13(18)15(2)8-11-7-10(9-19-11)4-5-12(16)17/h4-5,7,9H,3,6,8H2,1-2H3,(H,14,18)(H,16,17)/b5-4+. The normalized spacial score (nSPS) is 10.6. The van der Waals surface area contributed by atoms with Crippen molar-refractivity contribution < 1.29 is 14.7 Å². The van der Waals surface area contributed by atoms with Crippen molar-refractivity contribution in [3.8, 4) is 0 Å². The van der Waals surface area contributed by atoms with Crippen LogP contribution in [-0.2, 0) is 11.3 Å². The van der Waals surface area contributed by atoms with Crippen molar-refractivity contribution in [3.05, 3.63) is 28.0 Å². The predicted molar refractivity (Wildman–Crippen MR) is 76.1 cm³/mol. The summed E-state index contributed by atoms with van der Waals surface area (Å²) in [4.78, 5) is 24.7. The van der Waals surface area contributed by atoms with Crippen molar-refractivity contribution in [2.45, 2.75) is 19.9 Å². The van der Waals surface area contributed by atoms with Crippen molar-refractivity contribution in [1.29, 1.82) is 0 Å². The van der Waals surface area contributed by atoms with Gasteiger partial charge in [0.2, 0.25) is 0 Å². The maximum atomic E-state index is 11.7. The molecule has 0 atom stereocenters. The second-order valence-corrected chi connectivity index (χ2v) is 5.10. The minimum Gasteiger partial charge on any atom is -0.478 e. The van der Waals surface area contributed by atoms with E-state index in [1.807, 2.05) is 18.4 Å². The van der Waals surface area contributed by atoms with E-state index in [1.54, 1.807) is 18.0 Å². The Balaban J connectivity index is 2.53. The van der Waals surface area contributed by atoms with Crippen LogP contribution in [0.3, 0.4) is 0 Å². The van der Waals surface area contributed by atoms with Gasteiger partial charge in [-0.2, -0.15) is 0 Å². The summed E-state index contributed by atoms with van der Waals surface area (Å²) in [6.07, 6.45) is 3.55. The molecule has 5 nitrogen and oxygen atoms in total. The van der Waals surface area contributed by atoms with Gasteiger partial charge in [-0.3, -0.25) is 0 Å².